The summed E-state index contributed by atoms with van der Waals surface area (Å²) in [5.74, 6) is -0.910. The largest absolute Gasteiger partial charge is 0.307 e. The second-order valence-corrected chi connectivity index (χ2v) is 1.58. The molecule has 0 N–H and O–H groups in total. The topological polar surface area (TPSA) is 56.0 Å². The van der Waals surface area contributed by atoms with Crippen molar-refractivity contribution in [2.45, 2.75) is 0 Å². The van der Waals surface area contributed by atoms with Crippen molar-refractivity contribution in [3.63, 3.8) is 0 Å². The second kappa shape index (κ2) is 2.38. The summed E-state index contributed by atoms with van der Waals surface area (Å²) in [4.78, 5) is 12.5. The summed E-state index contributed by atoms with van der Waals surface area (Å²) in [7, 11) is 0. The van der Waals surface area contributed by atoms with Gasteiger partial charge in [0, 0.05) is 12.3 Å². The number of hydrogen-bond donors (Lipinski definition) is 0. The fourth-order valence-electron chi connectivity index (χ4n) is 0.516. The van der Waals surface area contributed by atoms with Crippen molar-refractivity contribution in [3.8, 4) is 0 Å². The van der Waals surface area contributed by atoms with Crippen LogP contribution in [0.1, 0.15) is 0 Å². The first-order valence-electron chi connectivity index (χ1n) is 2.45. The lowest BCUT2D eigenvalue weighted by atomic mass is 10.4. The summed E-state index contributed by atoms with van der Waals surface area (Å²) in [6.07, 6.45) is 1.97. The number of nitrogens with zero attached hydrogens (tertiary/aromatic N) is 2. The van der Waals surface area contributed by atoms with E-state index in [0.717, 1.165) is 12.3 Å². The molecule has 0 bridgehead atoms. The van der Waals surface area contributed by atoms with Gasteiger partial charge >= 0.3 is 5.69 Å². The third-order valence-electron chi connectivity index (χ3n) is 0.948. The Labute approximate surface area is 55.5 Å². The summed E-state index contributed by atoms with van der Waals surface area (Å²) in [6, 6.07) is 1.01. The third kappa shape index (κ3) is 1.07. The molecule has 0 aromatic carbocycles. The van der Waals surface area contributed by atoms with Crippen LogP contribution in [0.5, 0.6) is 0 Å². The molecule has 1 aromatic rings. The highest BCUT2D eigenvalue weighted by Gasteiger charge is 2.10. The zero-order valence-corrected chi connectivity index (χ0v) is 4.82. The highest BCUT2D eigenvalue weighted by Crippen LogP contribution is 2.12. The van der Waals surface area contributed by atoms with Crippen LogP contribution in [0.3, 0.4) is 0 Å². The van der Waals surface area contributed by atoms with Crippen molar-refractivity contribution in [3.05, 3.63) is 34.4 Å². The van der Waals surface area contributed by atoms with Crippen molar-refractivity contribution in [1.29, 1.82) is 0 Å². The summed E-state index contributed by atoms with van der Waals surface area (Å²) in [6.45, 7) is 0. The first kappa shape index (κ1) is 6.60. The molecule has 52 valence electrons. The van der Waals surface area contributed by atoms with Crippen LogP contribution < -0.4 is 0 Å². The number of rotatable bonds is 1. The van der Waals surface area contributed by atoms with Gasteiger partial charge in [0.05, 0.1) is 11.1 Å². The highest BCUT2D eigenvalue weighted by atomic mass is 19.1. The van der Waals surface area contributed by atoms with E-state index in [-0.39, 0.29) is 0 Å². The fraction of sp³-hybridized carbons (Fsp3) is 0. The molecule has 0 amide bonds. The smallest absolute Gasteiger partial charge is 0.261 e. The Bertz CT molecular complexity index is 264. The predicted octanol–water partition coefficient (Wildman–Crippen LogP) is 1.13. The molecule has 0 spiro atoms. The molecule has 0 aliphatic carbocycles. The number of nitro groups is 1. The van der Waals surface area contributed by atoms with Crippen molar-refractivity contribution in [2.75, 3.05) is 0 Å². The van der Waals surface area contributed by atoms with Crippen LogP contribution in [0, 0.1) is 15.9 Å². The lowest BCUT2D eigenvalue weighted by molar-refractivity contribution is -0.387. The number of aromatic nitrogens is 1. The molecule has 10 heavy (non-hydrogen) atoms. The molecule has 5 heteroatoms. The van der Waals surface area contributed by atoms with Gasteiger partial charge in [0.15, 0.2) is 0 Å². The number of pyridine rings is 1. The normalized spacial score (nSPS) is 9.30. The molecule has 0 aliphatic rings. The Morgan fingerprint density at radius 1 is 1.70 bits per heavy atom. The molecule has 1 aromatic heterocycles. The Morgan fingerprint density at radius 3 is 2.80 bits per heavy atom. The molecule has 4 nitrogen and oxygen atoms in total. The highest BCUT2D eigenvalue weighted by molar-refractivity contribution is 5.27. The van der Waals surface area contributed by atoms with Crippen molar-refractivity contribution >= 4 is 5.69 Å². The minimum atomic E-state index is -0.910. The van der Waals surface area contributed by atoms with Gasteiger partial charge in [-0.1, -0.05) is 0 Å². The monoisotopic (exact) mass is 142 g/mol. The molecule has 0 aliphatic heterocycles. The van der Waals surface area contributed by atoms with Crippen LogP contribution >= 0.6 is 0 Å². The summed E-state index contributed by atoms with van der Waals surface area (Å²) in [5, 5.41) is 9.96. The lowest BCUT2D eigenvalue weighted by Crippen LogP contribution is -1.91. The molecule has 0 unspecified atom stereocenters. The maximum absolute atomic E-state index is 12.3. The average molecular weight is 142 g/mol. The second-order valence-electron chi connectivity index (χ2n) is 1.58. The van der Waals surface area contributed by atoms with Gasteiger partial charge in [-0.25, -0.2) is 0 Å². The van der Waals surface area contributed by atoms with Gasteiger partial charge in [0.1, 0.15) is 0 Å². The zero-order valence-electron chi connectivity index (χ0n) is 4.82. The van der Waals surface area contributed by atoms with Gasteiger partial charge in [-0.2, -0.15) is 4.39 Å². The number of halogens is 1. The molecule has 0 radical (unpaired) electrons. The van der Waals surface area contributed by atoms with Crippen LogP contribution in [0.4, 0.5) is 10.1 Å². The van der Waals surface area contributed by atoms with E-state index in [1.807, 2.05) is 0 Å². The third-order valence-corrected chi connectivity index (χ3v) is 0.948. The maximum Gasteiger partial charge on any atom is 0.307 e. The molecule has 0 atom stereocenters. The zero-order chi connectivity index (χ0) is 7.56. The minimum Gasteiger partial charge on any atom is -0.261 e. The fourth-order valence-corrected chi connectivity index (χ4v) is 0.516. The van der Waals surface area contributed by atoms with E-state index in [0.29, 0.717) is 0 Å². The molecule has 1 rings (SSSR count). The van der Waals surface area contributed by atoms with Crippen LogP contribution in [0.2, 0.25) is 0 Å². The van der Waals surface area contributed by atoms with Gasteiger partial charge in [0.2, 0.25) is 5.82 Å². The van der Waals surface area contributed by atoms with E-state index in [1.54, 1.807) is 0 Å². The van der Waals surface area contributed by atoms with Gasteiger partial charge in [-0.05, 0) is 0 Å². The standard InChI is InChI=1S/C5H3FN2O2/c6-4-3-7-2-1-5(4)8(9)10/h1-3H. The first-order valence-corrected chi connectivity index (χ1v) is 2.45. The van der Waals surface area contributed by atoms with Crippen molar-refractivity contribution in [2.24, 2.45) is 0 Å². The van der Waals surface area contributed by atoms with E-state index in [9.17, 15) is 14.5 Å². The van der Waals surface area contributed by atoms with Gasteiger partial charge < -0.3 is 0 Å². The van der Waals surface area contributed by atoms with E-state index in [2.05, 4.69) is 4.98 Å². The van der Waals surface area contributed by atoms with E-state index >= 15 is 0 Å². The van der Waals surface area contributed by atoms with E-state index < -0.39 is 16.4 Å². The first-order chi connectivity index (χ1) is 4.72. The van der Waals surface area contributed by atoms with Gasteiger partial charge in [-0.3, -0.25) is 15.1 Å². The summed E-state index contributed by atoms with van der Waals surface area (Å²) < 4.78 is 12.3. The maximum atomic E-state index is 12.3. The Hall–Kier alpha value is -1.52. The molecular weight excluding hydrogens is 139 g/mol. The van der Waals surface area contributed by atoms with E-state index in [1.165, 1.54) is 6.20 Å². The van der Waals surface area contributed by atoms with Crippen molar-refractivity contribution in [1.82, 2.24) is 4.98 Å². The number of hydrogen-bond acceptors (Lipinski definition) is 3. The van der Waals surface area contributed by atoms with Gasteiger partial charge in [-0.15, -0.1) is 0 Å². The summed E-state index contributed by atoms with van der Waals surface area (Å²) in [5.41, 5.74) is -0.546. The van der Waals surface area contributed by atoms with Crippen molar-refractivity contribution < 1.29 is 9.31 Å². The Kier molecular flexibility index (Phi) is 1.57. The predicted molar refractivity (Wildman–Crippen MR) is 30.8 cm³/mol. The van der Waals surface area contributed by atoms with Crippen LogP contribution in [-0.2, 0) is 0 Å². The Morgan fingerprint density at radius 2 is 2.40 bits per heavy atom. The van der Waals surface area contributed by atoms with Gasteiger partial charge in [0.25, 0.3) is 0 Å². The quantitative estimate of drug-likeness (QED) is 0.436. The average Bonchev–Trinajstić information content (AvgIpc) is 1.88. The summed E-state index contributed by atoms with van der Waals surface area (Å²) >= 11 is 0. The minimum absolute atomic E-state index is 0.546. The molecule has 1 heterocycles. The molecule has 0 saturated heterocycles. The Balaban J connectivity index is 3.15. The van der Waals surface area contributed by atoms with E-state index in [4.69, 9.17) is 0 Å². The molecule has 0 fully saturated rings. The van der Waals surface area contributed by atoms with Crippen LogP contribution in [0.15, 0.2) is 18.5 Å². The van der Waals surface area contributed by atoms with Crippen LogP contribution in [0.25, 0.3) is 0 Å². The SMILES string of the molecule is O=[N+]([O-])c1ccncc1F. The van der Waals surface area contributed by atoms with Crippen LogP contribution in [-0.4, -0.2) is 9.91 Å². The molecule has 0 saturated carbocycles. The molecular formula is C5H3FN2O2. The lowest BCUT2D eigenvalue weighted by Gasteiger charge is -1.88.